The van der Waals surface area contributed by atoms with Gasteiger partial charge in [0.15, 0.2) is 5.76 Å². The van der Waals surface area contributed by atoms with Crippen LogP contribution < -0.4 is 0 Å². The molecule has 22 heavy (non-hydrogen) atoms. The standard InChI is InChI=1S/C16H16N2O4/c19-16(14-8-9-15(22-14)18(20)21)17-10-4-7-13(17)11-12-5-2-1-3-6-12/h1-3,5-6,8-9,13H,4,7,10-11H2/t13-/m0/s1. The van der Waals surface area contributed by atoms with Gasteiger partial charge in [-0.15, -0.1) is 0 Å². The molecule has 1 saturated heterocycles. The predicted molar refractivity (Wildman–Crippen MR) is 79.6 cm³/mol. The van der Waals surface area contributed by atoms with Crippen molar-refractivity contribution in [3.63, 3.8) is 0 Å². The fraction of sp³-hybridized carbons (Fsp3) is 0.312. The summed E-state index contributed by atoms with van der Waals surface area (Å²) >= 11 is 0. The molecule has 0 unspecified atom stereocenters. The van der Waals surface area contributed by atoms with E-state index in [1.807, 2.05) is 30.3 Å². The Bertz CT molecular complexity index is 680. The van der Waals surface area contributed by atoms with E-state index in [1.165, 1.54) is 17.7 Å². The summed E-state index contributed by atoms with van der Waals surface area (Å²) in [7, 11) is 0. The molecule has 1 atom stereocenters. The van der Waals surface area contributed by atoms with Crippen LogP contribution in [0.15, 0.2) is 46.9 Å². The van der Waals surface area contributed by atoms with Crippen molar-refractivity contribution < 1.29 is 14.1 Å². The summed E-state index contributed by atoms with van der Waals surface area (Å²) < 4.78 is 5.03. The van der Waals surface area contributed by atoms with Gasteiger partial charge in [0, 0.05) is 12.6 Å². The molecule has 0 spiro atoms. The molecule has 0 saturated carbocycles. The number of rotatable bonds is 4. The number of nitrogens with zero attached hydrogens (tertiary/aromatic N) is 2. The molecule has 3 rings (SSSR count). The first kappa shape index (κ1) is 14.3. The van der Waals surface area contributed by atoms with Gasteiger partial charge in [-0.05, 0) is 30.9 Å². The minimum Gasteiger partial charge on any atom is -0.395 e. The number of benzene rings is 1. The lowest BCUT2D eigenvalue weighted by molar-refractivity contribution is -0.402. The highest BCUT2D eigenvalue weighted by Crippen LogP contribution is 2.25. The normalized spacial score (nSPS) is 17.6. The lowest BCUT2D eigenvalue weighted by Crippen LogP contribution is -2.36. The zero-order valence-corrected chi connectivity index (χ0v) is 12.0. The summed E-state index contributed by atoms with van der Waals surface area (Å²) in [6.07, 6.45) is 2.66. The molecule has 1 fully saturated rings. The Morgan fingerprint density at radius 3 is 2.73 bits per heavy atom. The number of likely N-dealkylation sites (tertiary alicyclic amines) is 1. The van der Waals surface area contributed by atoms with Gasteiger partial charge in [-0.3, -0.25) is 14.9 Å². The Morgan fingerprint density at radius 1 is 1.27 bits per heavy atom. The Kier molecular flexibility index (Phi) is 3.91. The smallest absolute Gasteiger partial charge is 0.395 e. The summed E-state index contributed by atoms with van der Waals surface area (Å²) in [5, 5.41) is 10.7. The van der Waals surface area contributed by atoms with E-state index < -0.39 is 10.8 Å². The predicted octanol–water partition coefficient (Wildman–Crippen LogP) is 3.04. The number of hydrogen-bond donors (Lipinski definition) is 0. The maximum absolute atomic E-state index is 12.5. The van der Waals surface area contributed by atoms with Gasteiger partial charge in [0.25, 0.3) is 5.91 Å². The van der Waals surface area contributed by atoms with Crippen LogP contribution in [0.1, 0.15) is 29.0 Å². The van der Waals surface area contributed by atoms with Crippen molar-refractivity contribution in [1.82, 2.24) is 4.90 Å². The van der Waals surface area contributed by atoms with Crippen LogP contribution in [0.2, 0.25) is 0 Å². The highest BCUT2D eigenvalue weighted by molar-refractivity contribution is 5.92. The highest BCUT2D eigenvalue weighted by Gasteiger charge is 2.31. The van der Waals surface area contributed by atoms with Gasteiger partial charge in [-0.2, -0.15) is 0 Å². The molecule has 114 valence electrons. The Morgan fingerprint density at radius 2 is 2.05 bits per heavy atom. The third-order valence-electron chi connectivity index (χ3n) is 3.93. The van der Waals surface area contributed by atoms with E-state index in [2.05, 4.69) is 0 Å². The summed E-state index contributed by atoms with van der Waals surface area (Å²) in [4.78, 5) is 24.3. The van der Waals surface area contributed by atoms with E-state index >= 15 is 0 Å². The lowest BCUT2D eigenvalue weighted by atomic mass is 10.0. The molecular formula is C16H16N2O4. The molecule has 1 aliphatic rings. The van der Waals surface area contributed by atoms with Gasteiger partial charge >= 0.3 is 5.88 Å². The monoisotopic (exact) mass is 300 g/mol. The van der Waals surface area contributed by atoms with Crippen molar-refractivity contribution in [2.75, 3.05) is 6.54 Å². The second-order valence-electron chi connectivity index (χ2n) is 5.38. The second-order valence-corrected chi connectivity index (χ2v) is 5.38. The van der Waals surface area contributed by atoms with Crippen LogP contribution in [0.3, 0.4) is 0 Å². The van der Waals surface area contributed by atoms with E-state index in [-0.39, 0.29) is 17.7 Å². The number of furan rings is 1. The average molecular weight is 300 g/mol. The van der Waals surface area contributed by atoms with Crippen LogP contribution >= 0.6 is 0 Å². The van der Waals surface area contributed by atoms with Gasteiger partial charge in [-0.1, -0.05) is 30.3 Å². The fourth-order valence-electron chi connectivity index (χ4n) is 2.88. The number of hydrogen-bond acceptors (Lipinski definition) is 4. The van der Waals surface area contributed by atoms with Crippen LogP contribution in [-0.4, -0.2) is 28.3 Å². The molecule has 0 N–H and O–H groups in total. The summed E-state index contributed by atoms with van der Waals surface area (Å²) in [6, 6.07) is 12.7. The Labute approximate surface area is 127 Å². The molecule has 1 amide bonds. The first-order valence-electron chi connectivity index (χ1n) is 7.24. The van der Waals surface area contributed by atoms with Crippen LogP contribution in [0.25, 0.3) is 0 Å². The van der Waals surface area contributed by atoms with Gasteiger partial charge < -0.3 is 9.32 Å². The average Bonchev–Trinajstić information content (AvgIpc) is 3.17. The molecular weight excluding hydrogens is 284 g/mol. The van der Waals surface area contributed by atoms with E-state index in [1.54, 1.807) is 4.90 Å². The number of amides is 1. The third kappa shape index (κ3) is 2.86. The summed E-state index contributed by atoms with van der Waals surface area (Å²) in [6.45, 7) is 0.658. The zero-order chi connectivity index (χ0) is 15.5. The van der Waals surface area contributed by atoms with Gasteiger partial charge in [-0.25, -0.2) is 0 Å². The van der Waals surface area contributed by atoms with Crippen molar-refractivity contribution in [2.24, 2.45) is 0 Å². The number of carbonyl (C=O) groups is 1. The quantitative estimate of drug-likeness (QED) is 0.642. The maximum atomic E-state index is 12.5. The van der Waals surface area contributed by atoms with Crippen molar-refractivity contribution in [3.8, 4) is 0 Å². The molecule has 2 heterocycles. The molecule has 1 aliphatic heterocycles. The minimum atomic E-state index is -0.637. The third-order valence-corrected chi connectivity index (χ3v) is 3.93. The van der Waals surface area contributed by atoms with Crippen molar-refractivity contribution in [2.45, 2.75) is 25.3 Å². The lowest BCUT2D eigenvalue weighted by Gasteiger charge is -2.23. The fourth-order valence-corrected chi connectivity index (χ4v) is 2.88. The Hall–Kier alpha value is -2.63. The molecule has 6 heteroatoms. The van der Waals surface area contributed by atoms with Crippen molar-refractivity contribution in [3.05, 3.63) is 63.9 Å². The zero-order valence-electron chi connectivity index (χ0n) is 12.0. The SMILES string of the molecule is O=C(c1ccc([N+](=O)[O-])o1)N1CCC[C@H]1Cc1ccccc1. The van der Waals surface area contributed by atoms with Crippen molar-refractivity contribution in [1.29, 1.82) is 0 Å². The second kappa shape index (κ2) is 6.01. The van der Waals surface area contributed by atoms with Gasteiger partial charge in [0.2, 0.25) is 0 Å². The first-order valence-corrected chi connectivity index (χ1v) is 7.24. The van der Waals surface area contributed by atoms with Crippen LogP contribution in [0.4, 0.5) is 5.88 Å². The molecule has 2 aromatic rings. The minimum absolute atomic E-state index is 0.0339. The largest absolute Gasteiger partial charge is 0.433 e. The van der Waals surface area contributed by atoms with Crippen LogP contribution in [-0.2, 0) is 6.42 Å². The molecule has 0 aliphatic carbocycles. The molecule has 1 aromatic heterocycles. The van der Waals surface area contributed by atoms with Gasteiger partial charge in [0.1, 0.15) is 4.92 Å². The van der Waals surface area contributed by atoms with Crippen molar-refractivity contribution >= 4 is 11.8 Å². The van der Waals surface area contributed by atoms with Crippen LogP contribution in [0, 0.1) is 10.1 Å². The maximum Gasteiger partial charge on any atom is 0.433 e. The molecule has 1 aromatic carbocycles. The van der Waals surface area contributed by atoms with E-state index in [0.29, 0.717) is 6.54 Å². The topological polar surface area (TPSA) is 76.6 Å². The summed E-state index contributed by atoms with van der Waals surface area (Å²) in [5.41, 5.74) is 1.18. The molecule has 0 radical (unpaired) electrons. The van der Waals surface area contributed by atoms with Gasteiger partial charge in [0.05, 0.1) is 6.07 Å². The van der Waals surface area contributed by atoms with E-state index in [0.717, 1.165) is 19.3 Å². The first-order chi connectivity index (χ1) is 10.6. The molecule has 0 bridgehead atoms. The molecule has 6 nitrogen and oxygen atoms in total. The van der Waals surface area contributed by atoms with E-state index in [9.17, 15) is 14.9 Å². The van der Waals surface area contributed by atoms with E-state index in [4.69, 9.17) is 4.42 Å². The highest BCUT2D eigenvalue weighted by atomic mass is 16.6. The number of carbonyl (C=O) groups excluding carboxylic acids is 1. The summed E-state index contributed by atoms with van der Waals surface area (Å²) in [5.74, 6) is -0.639. The Balaban J connectivity index is 1.74. The number of nitro groups is 1. The van der Waals surface area contributed by atoms with Crippen LogP contribution in [0.5, 0.6) is 0 Å².